The summed E-state index contributed by atoms with van der Waals surface area (Å²) in [7, 11) is 0. The topological polar surface area (TPSA) is 67.5 Å². The predicted octanol–water partition coefficient (Wildman–Crippen LogP) is 3.26. The Balaban J connectivity index is 1.30. The van der Waals surface area contributed by atoms with Gasteiger partial charge in [-0.15, -0.1) is 0 Å². The third-order valence-electron chi connectivity index (χ3n) is 5.78. The zero-order chi connectivity index (χ0) is 18.8. The molecule has 0 amide bonds. The minimum Gasteiger partial charge on any atom is -0.474 e. The van der Waals surface area contributed by atoms with E-state index < -0.39 is 0 Å². The van der Waals surface area contributed by atoms with Crippen LogP contribution in [-0.2, 0) is 6.54 Å². The highest BCUT2D eigenvalue weighted by Crippen LogP contribution is 2.30. The van der Waals surface area contributed by atoms with E-state index in [2.05, 4.69) is 43.1 Å². The van der Waals surface area contributed by atoms with Crippen LogP contribution in [0.3, 0.4) is 0 Å². The second kappa shape index (κ2) is 7.75. The molecule has 7 heteroatoms. The van der Waals surface area contributed by atoms with E-state index in [1.807, 2.05) is 6.07 Å². The van der Waals surface area contributed by atoms with Gasteiger partial charge in [0.15, 0.2) is 0 Å². The van der Waals surface area contributed by atoms with Gasteiger partial charge in [0.25, 0.3) is 0 Å². The van der Waals surface area contributed by atoms with Crippen molar-refractivity contribution in [2.24, 2.45) is 0 Å². The quantitative estimate of drug-likeness (QED) is 0.674. The van der Waals surface area contributed by atoms with Gasteiger partial charge in [0.1, 0.15) is 18.7 Å². The van der Waals surface area contributed by atoms with E-state index in [-0.39, 0.29) is 0 Å². The van der Waals surface area contributed by atoms with E-state index in [0.717, 1.165) is 68.0 Å². The summed E-state index contributed by atoms with van der Waals surface area (Å²) in [4.78, 5) is 13.7. The Hall–Kier alpha value is -2.67. The maximum atomic E-state index is 6.21. The molecule has 1 aliphatic heterocycles. The Morgan fingerprint density at radius 3 is 2.68 bits per heavy atom. The van der Waals surface area contributed by atoms with Crippen molar-refractivity contribution in [3.8, 4) is 5.88 Å². The molecular weight excluding hydrogens is 354 g/mol. The lowest BCUT2D eigenvalue weighted by molar-refractivity contribution is 0.204. The normalized spacial score (nSPS) is 18.8. The van der Waals surface area contributed by atoms with Crippen molar-refractivity contribution < 1.29 is 9.26 Å². The first-order valence-corrected chi connectivity index (χ1v) is 10.1. The van der Waals surface area contributed by atoms with Crippen molar-refractivity contribution in [1.29, 1.82) is 0 Å². The van der Waals surface area contributed by atoms with Crippen molar-refractivity contribution >= 4 is 16.6 Å². The van der Waals surface area contributed by atoms with Gasteiger partial charge in [-0.25, -0.2) is 9.97 Å². The zero-order valence-electron chi connectivity index (χ0n) is 16.0. The molecule has 7 nitrogen and oxygen atoms in total. The van der Waals surface area contributed by atoms with E-state index in [4.69, 9.17) is 9.26 Å². The lowest BCUT2D eigenvalue weighted by Gasteiger charge is -2.35. The van der Waals surface area contributed by atoms with Crippen LogP contribution >= 0.6 is 0 Å². The van der Waals surface area contributed by atoms with E-state index in [1.165, 1.54) is 18.5 Å². The number of hydrogen-bond acceptors (Lipinski definition) is 7. The van der Waals surface area contributed by atoms with E-state index >= 15 is 0 Å². The SMILES string of the molecule is c1nc(OC2CCCC2)c2cc(N3CCN(Cc4ccon4)CC3)ccc2n1. The average molecular weight is 379 g/mol. The number of anilines is 1. The van der Waals surface area contributed by atoms with Crippen LogP contribution < -0.4 is 9.64 Å². The molecule has 0 unspecified atom stereocenters. The number of ether oxygens (including phenoxy) is 1. The highest BCUT2D eigenvalue weighted by atomic mass is 16.5. The molecule has 2 aliphatic rings. The first-order valence-electron chi connectivity index (χ1n) is 10.1. The van der Waals surface area contributed by atoms with Crippen molar-refractivity contribution in [1.82, 2.24) is 20.0 Å². The van der Waals surface area contributed by atoms with Gasteiger partial charge < -0.3 is 14.2 Å². The monoisotopic (exact) mass is 379 g/mol. The fourth-order valence-electron chi connectivity index (χ4n) is 4.19. The molecule has 0 radical (unpaired) electrons. The van der Waals surface area contributed by atoms with Crippen molar-refractivity contribution in [3.05, 3.63) is 42.5 Å². The van der Waals surface area contributed by atoms with Crippen LogP contribution in [0.5, 0.6) is 5.88 Å². The second-order valence-electron chi connectivity index (χ2n) is 7.66. The number of fused-ring (bicyclic) bond motifs is 1. The molecule has 1 saturated heterocycles. The number of hydrogen-bond donors (Lipinski definition) is 0. The summed E-state index contributed by atoms with van der Waals surface area (Å²) in [5.74, 6) is 0.725. The molecular formula is C21H25N5O2. The van der Waals surface area contributed by atoms with Gasteiger partial charge in [0.05, 0.1) is 16.6 Å². The first-order chi connectivity index (χ1) is 13.8. The highest BCUT2D eigenvalue weighted by molar-refractivity contribution is 5.86. The summed E-state index contributed by atoms with van der Waals surface area (Å²) in [6.07, 6.45) is 8.27. The smallest absolute Gasteiger partial charge is 0.224 e. The van der Waals surface area contributed by atoms with Gasteiger partial charge in [0.2, 0.25) is 5.88 Å². The van der Waals surface area contributed by atoms with Gasteiger partial charge in [-0.3, -0.25) is 4.90 Å². The maximum absolute atomic E-state index is 6.21. The fraction of sp³-hybridized carbons (Fsp3) is 0.476. The number of piperazine rings is 1. The van der Waals surface area contributed by atoms with Gasteiger partial charge in [-0.2, -0.15) is 0 Å². The second-order valence-corrected chi connectivity index (χ2v) is 7.66. The molecule has 0 bridgehead atoms. The third kappa shape index (κ3) is 3.67. The molecule has 1 aliphatic carbocycles. The molecule has 0 spiro atoms. The van der Waals surface area contributed by atoms with E-state index in [9.17, 15) is 0 Å². The molecule has 28 heavy (non-hydrogen) atoms. The van der Waals surface area contributed by atoms with Crippen LogP contribution in [0.25, 0.3) is 10.9 Å². The molecule has 3 aromatic rings. The van der Waals surface area contributed by atoms with Gasteiger partial charge in [-0.05, 0) is 43.9 Å². The Kier molecular flexibility index (Phi) is 4.83. The molecule has 0 N–H and O–H groups in total. The van der Waals surface area contributed by atoms with Crippen LogP contribution in [0.15, 0.2) is 41.4 Å². The van der Waals surface area contributed by atoms with Crippen molar-refractivity contribution in [3.63, 3.8) is 0 Å². The number of benzene rings is 1. The van der Waals surface area contributed by atoms with Gasteiger partial charge >= 0.3 is 0 Å². The fourth-order valence-corrected chi connectivity index (χ4v) is 4.19. The van der Waals surface area contributed by atoms with Crippen molar-refractivity contribution in [2.45, 2.75) is 38.3 Å². The van der Waals surface area contributed by atoms with Crippen LogP contribution in [0, 0.1) is 0 Å². The third-order valence-corrected chi connectivity index (χ3v) is 5.78. The average Bonchev–Trinajstić information content (AvgIpc) is 3.43. The Labute approximate surface area is 164 Å². The minimum atomic E-state index is 0.293. The molecule has 1 saturated carbocycles. The van der Waals surface area contributed by atoms with Crippen LogP contribution in [0.1, 0.15) is 31.4 Å². The molecule has 2 aromatic heterocycles. The van der Waals surface area contributed by atoms with Gasteiger partial charge in [-0.1, -0.05) is 5.16 Å². The summed E-state index contributed by atoms with van der Waals surface area (Å²) in [6.45, 7) is 4.81. The lowest BCUT2D eigenvalue weighted by atomic mass is 10.1. The van der Waals surface area contributed by atoms with E-state index in [1.54, 1.807) is 12.6 Å². The Morgan fingerprint density at radius 2 is 1.89 bits per heavy atom. The number of aromatic nitrogens is 3. The Bertz CT molecular complexity index is 916. The van der Waals surface area contributed by atoms with Gasteiger partial charge in [0, 0.05) is 44.5 Å². The largest absolute Gasteiger partial charge is 0.474 e. The zero-order valence-corrected chi connectivity index (χ0v) is 16.0. The van der Waals surface area contributed by atoms with Crippen LogP contribution in [0.4, 0.5) is 5.69 Å². The predicted molar refractivity (Wildman–Crippen MR) is 106 cm³/mol. The van der Waals surface area contributed by atoms with Crippen LogP contribution in [0.2, 0.25) is 0 Å². The summed E-state index contributed by atoms with van der Waals surface area (Å²) < 4.78 is 11.1. The van der Waals surface area contributed by atoms with E-state index in [0.29, 0.717) is 6.10 Å². The summed E-state index contributed by atoms with van der Waals surface area (Å²) in [6, 6.07) is 8.35. The number of rotatable bonds is 5. The first kappa shape index (κ1) is 17.4. The molecule has 3 heterocycles. The standard InChI is InChI=1S/C21H25N5O2/c1-2-4-18(3-1)28-21-19-13-17(5-6-20(19)22-15-23-21)26-10-8-25(9-11-26)14-16-7-12-27-24-16/h5-7,12-13,15,18H,1-4,8-11,14H2. The van der Waals surface area contributed by atoms with Crippen LogP contribution in [-0.4, -0.2) is 52.3 Å². The molecule has 1 aromatic carbocycles. The molecule has 5 rings (SSSR count). The molecule has 0 atom stereocenters. The number of nitrogens with zero attached hydrogens (tertiary/aromatic N) is 5. The summed E-state index contributed by atoms with van der Waals surface area (Å²) in [5.41, 5.74) is 3.14. The molecule has 146 valence electrons. The Morgan fingerprint density at radius 1 is 1.04 bits per heavy atom. The summed E-state index contributed by atoms with van der Waals surface area (Å²) in [5, 5.41) is 5.03. The highest BCUT2D eigenvalue weighted by Gasteiger charge is 2.21. The molecule has 2 fully saturated rings. The maximum Gasteiger partial charge on any atom is 0.224 e. The lowest BCUT2D eigenvalue weighted by Crippen LogP contribution is -2.46. The van der Waals surface area contributed by atoms with Crippen molar-refractivity contribution in [2.75, 3.05) is 31.1 Å². The minimum absolute atomic E-state index is 0.293. The summed E-state index contributed by atoms with van der Waals surface area (Å²) >= 11 is 0.